The standard InChI is InChI=1S/C27H30N6O3/c1-35-22-6-4-19(5-7-22)26-16-33-25(17-36-26)24(30-31-33)15-32-12-9-21(10-13-32)29-27(34)20-3-2-18-8-11-28-23(18)14-20/h2-8,11,14,21,26,28H,9-10,12-13,15-17H2,1H3,(H,29,34)/t26-/m1/s1. The zero-order valence-electron chi connectivity index (χ0n) is 20.3. The maximum Gasteiger partial charge on any atom is 0.251 e. The Morgan fingerprint density at radius 3 is 2.81 bits per heavy atom. The molecule has 9 nitrogen and oxygen atoms in total. The lowest BCUT2D eigenvalue weighted by Gasteiger charge is -2.32. The van der Waals surface area contributed by atoms with Crippen LogP contribution < -0.4 is 10.1 Å². The first-order valence-electron chi connectivity index (χ1n) is 12.4. The molecule has 4 aromatic rings. The van der Waals surface area contributed by atoms with Crippen molar-refractivity contribution in [1.29, 1.82) is 0 Å². The number of fused-ring (bicyclic) bond motifs is 2. The Bertz CT molecular complexity index is 1350. The van der Waals surface area contributed by atoms with Gasteiger partial charge in [-0.1, -0.05) is 23.4 Å². The lowest BCUT2D eigenvalue weighted by atomic mass is 10.0. The van der Waals surface area contributed by atoms with Crippen molar-refractivity contribution in [2.75, 3.05) is 20.2 Å². The molecule has 0 spiro atoms. The summed E-state index contributed by atoms with van der Waals surface area (Å²) in [6.45, 7) is 3.70. The lowest BCUT2D eigenvalue weighted by Crippen LogP contribution is -2.44. The Balaban J connectivity index is 1.02. The van der Waals surface area contributed by atoms with Gasteiger partial charge >= 0.3 is 0 Å². The molecule has 2 aliphatic heterocycles. The van der Waals surface area contributed by atoms with Gasteiger partial charge in [-0.3, -0.25) is 9.69 Å². The molecule has 2 N–H and O–H groups in total. The summed E-state index contributed by atoms with van der Waals surface area (Å²) in [4.78, 5) is 18.3. The number of benzene rings is 2. The molecule has 0 saturated carbocycles. The molecule has 186 valence electrons. The molecule has 0 radical (unpaired) electrons. The molecule has 1 saturated heterocycles. The van der Waals surface area contributed by atoms with Crippen LogP contribution in [0.4, 0.5) is 0 Å². The second-order valence-corrected chi connectivity index (χ2v) is 9.54. The van der Waals surface area contributed by atoms with Crippen molar-refractivity contribution in [2.45, 2.75) is 44.7 Å². The van der Waals surface area contributed by atoms with Crippen LogP contribution in [0, 0.1) is 0 Å². The first-order chi connectivity index (χ1) is 17.7. The van der Waals surface area contributed by atoms with Gasteiger partial charge < -0.3 is 19.8 Å². The topological polar surface area (TPSA) is 97.3 Å². The van der Waals surface area contributed by atoms with E-state index in [4.69, 9.17) is 9.47 Å². The SMILES string of the molecule is COc1ccc([C@H]2Cn3nnc(CN4CCC(NC(=O)c5ccc6cc[nH]c6c5)CC4)c3CO2)cc1. The lowest BCUT2D eigenvalue weighted by molar-refractivity contribution is -0.00218. The van der Waals surface area contributed by atoms with Gasteiger partial charge in [0.2, 0.25) is 0 Å². The van der Waals surface area contributed by atoms with Crippen LogP contribution in [-0.2, 0) is 24.4 Å². The summed E-state index contributed by atoms with van der Waals surface area (Å²) in [6, 6.07) is 15.9. The Morgan fingerprint density at radius 2 is 2.00 bits per heavy atom. The highest BCUT2D eigenvalue weighted by Gasteiger charge is 2.27. The molecule has 0 bridgehead atoms. The summed E-state index contributed by atoms with van der Waals surface area (Å²) in [7, 11) is 1.67. The molecular formula is C27H30N6O3. The predicted molar refractivity (Wildman–Crippen MR) is 135 cm³/mol. The largest absolute Gasteiger partial charge is 0.497 e. The summed E-state index contributed by atoms with van der Waals surface area (Å²) in [5.41, 5.74) is 4.81. The molecule has 0 unspecified atom stereocenters. The average Bonchev–Trinajstić information content (AvgIpc) is 3.56. The fourth-order valence-corrected chi connectivity index (χ4v) is 5.11. The van der Waals surface area contributed by atoms with Gasteiger partial charge in [0, 0.05) is 43.0 Å². The summed E-state index contributed by atoms with van der Waals surface area (Å²) < 4.78 is 13.4. The first kappa shape index (κ1) is 22.8. The van der Waals surface area contributed by atoms with Crippen molar-refractivity contribution in [3.05, 3.63) is 77.2 Å². The molecule has 2 aromatic carbocycles. The molecular weight excluding hydrogens is 456 g/mol. The van der Waals surface area contributed by atoms with Gasteiger partial charge in [0.1, 0.15) is 17.5 Å². The van der Waals surface area contributed by atoms with Crippen molar-refractivity contribution in [3.63, 3.8) is 0 Å². The van der Waals surface area contributed by atoms with Crippen LogP contribution in [0.15, 0.2) is 54.7 Å². The van der Waals surface area contributed by atoms with E-state index in [0.717, 1.165) is 66.1 Å². The molecule has 36 heavy (non-hydrogen) atoms. The number of amides is 1. The second kappa shape index (κ2) is 9.75. The van der Waals surface area contributed by atoms with Crippen LogP contribution >= 0.6 is 0 Å². The number of aromatic amines is 1. The summed E-state index contributed by atoms with van der Waals surface area (Å²) in [5.74, 6) is 0.820. The number of aromatic nitrogens is 4. The highest BCUT2D eigenvalue weighted by Crippen LogP contribution is 2.29. The van der Waals surface area contributed by atoms with Gasteiger partial charge in [-0.05, 0) is 54.1 Å². The molecule has 1 fully saturated rings. The van der Waals surface area contributed by atoms with Crippen molar-refractivity contribution >= 4 is 16.8 Å². The van der Waals surface area contributed by atoms with Gasteiger partial charge in [-0.25, -0.2) is 4.68 Å². The molecule has 1 amide bonds. The van der Waals surface area contributed by atoms with Crippen LogP contribution in [-0.4, -0.2) is 57.0 Å². The predicted octanol–water partition coefficient (Wildman–Crippen LogP) is 3.43. The summed E-state index contributed by atoms with van der Waals surface area (Å²) >= 11 is 0. The number of methoxy groups -OCH3 is 1. The minimum absolute atomic E-state index is 0.0131. The molecule has 4 heterocycles. The monoisotopic (exact) mass is 486 g/mol. The zero-order chi connectivity index (χ0) is 24.5. The van der Waals surface area contributed by atoms with Crippen LogP contribution in [0.2, 0.25) is 0 Å². The summed E-state index contributed by atoms with van der Waals surface area (Å²) in [5, 5.41) is 13.2. The molecule has 6 rings (SSSR count). The van der Waals surface area contributed by atoms with Crippen molar-refractivity contribution in [2.24, 2.45) is 0 Å². The number of H-pyrrole nitrogens is 1. The Morgan fingerprint density at radius 1 is 1.17 bits per heavy atom. The van der Waals surface area contributed by atoms with Gasteiger partial charge in [-0.15, -0.1) is 5.10 Å². The van der Waals surface area contributed by atoms with Gasteiger partial charge in [-0.2, -0.15) is 0 Å². The fourth-order valence-electron chi connectivity index (χ4n) is 5.11. The number of nitrogens with one attached hydrogen (secondary N) is 2. The van der Waals surface area contributed by atoms with E-state index in [1.54, 1.807) is 7.11 Å². The number of carbonyl (C=O) groups is 1. The van der Waals surface area contributed by atoms with E-state index in [-0.39, 0.29) is 18.1 Å². The maximum absolute atomic E-state index is 12.8. The van der Waals surface area contributed by atoms with Crippen LogP contribution in [0.5, 0.6) is 5.75 Å². The summed E-state index contributed by atoms with van der Waals surface area (Å²) in [6.07, 6.45) is 3.67. The highest BCUT2D eigenvalue weighted by atomic mass is 16.5. The number of rotatable bonds is 6. The smallest absolute Gasteiger partial charge is 0.251 e. The number of ether oxygens (including phenoxy) is 2. The van der Waals surface area contributed by atoms with Crippen molar-refractivity contribution in [3.8, 4) is 5.75 Å². The Labute approximate surface area is 209 Å². The normalized spacial score (nSPS) is 18.8. The molecule has 9 heteroatoms. The number of carbonyl (C=O) groups excluding carboxylic acids is 1. The number of hydrogen-bond acceptors (Lipinski definition) is 6. The van der Waals surface area contributed by atoms with Crippen LogP contribution in [0.25, 0.3) is 10.9 Å². The van der Waals surface area contributed by atoms with E-state index in [2.05, 4.69) is 25.5 Å². The Kier molecular flexibility index (Phi) is 6.16. The minimum atomic E-state index is -0.0463. The number of hydrogen-bond donors (Lipinski definition) is 2. The molecule has 1 atom stereocenters. The van der Waals surface area contributed by atoms with E-state index in [9.17, 15) is 4.79 Å². The van der Waals surface area contributed by atoms with Gasteiger partial charge in [0.05, 0.1) is 26.0 Å². The van der Waals surface area contributed by atoms with Crippen molar-refractivity contribution < 1.29 is 14.3 Å². The first-order valence-corrected chi connectivity index (χ1v) is 12.4. The Hall–Kier alpha value is -3.69. The van der Waals surface area contributed by atoms with Gasteiger partial charge in [0.15, 0.2) is 0 Å². The minimum Gasteiger partial charge on any atom is -0.497 e. The van der Waals surface area contributed by atoms with Crippen LogP contribution in [0.1, 0.15) is 46.3 Å². The maximum atomic E-state index is 12.8. The number of piperidine rings is 1. The van der Waals surface area contributed by atoms with Crippen molar-refractivity contribution in [1.82, 2.24) is 30.2 Å². The quantitative estimate of drug-likeness (QED) is 0.433. The van der Waals surface area contributed by atoms with E-state index in [0.29, 0.717) is 18.7 Å². The van der Waals surface area contributed by atoms with Crippen LogP contribution in [0.3, 0.4) is 0 Å². The third kappa shape index (κ3) is 4.59. The third-order valence-corrected chi connectivity index (χ3v) is 7.28. The third-order valence-electron chi connectivity index (χ3n) is 7.28. The molecule has 0 aliphatic carbocycles. The second-order valence-electron chi connectivity index (χ2n) is 9.54. The van der Waals surface area contributed by atoms with E-state index >= 15 is 0 Å². The zero-order valence-corrected chi connectivity index (χ0v) is 20.3. The van der Waals surface area contributed by atoms with E-state index in [1.165, 1.54) is 0 Å². The number of nitrogens with zero attached hydrogens (tertiary/aromatic N) is 4. The number of likely N-dealkylation sites (tertiary alicyclic amines) is 1. The average molecular weight is 487 g/mol. The fraction of sp³-hybridized carbons (Fsp3) is 0.370. The van der Waals surface area contributed by atoms with E-state index in [1.807, 2.05) is 59.4 Å². The molecule has 2 aliphatic rings. The molecule has 2 aromatic heterocycles. The highest BCUT2D eigenvalue weighted by molar-refractivity contribution is 5.98. The van der Waals surface area contributed by atoms with Gasteiger partial charge in [0.25, 0.3) is 5.91 Å². The van der Waals surface area contributed by atoms with E-state index < -0.39 is 0 Å².